The fraction of sp³-hybridized carbons (Fsp3) is 0.143. The Morgan fingerprint density at radius 2 is 1.95 bits per heavy atom. The molecule has 2 rings (SSSR count). The summed E-state index contributed by atoms with van der Waals surface area (Å²) in [5.41, 5.74) is -1.53. The van der Waals surface area contributed by atoms with Gasteiger partial charge in [-0.2, -0.15) is 13.2 Å². The maximum absolute atomic E-state index is 13.5. The van der Waals surface area contributed by atoms with Crippen molar-refractivity contribution in [2.45, 2.75) is 6.18 Å². The second kappa shape index (κ2) is 5.51. The van der Waals surface area contributed by atoms with E-state index in [1.54, 1.807) is 0 Å². The zero-order chi connectivity index (χ0) is 15.6. The quantitative estimate of drug-likeness (QED) is 0.643. The first-order valence-electron chi connectivity index (χ1n) is 5.74. The second-order valence-electron chi connectivity index (χ2n) is 4.10. The number of halogens is 4. The van der Waals surface area contributed by atoms with E-state index in [4.69, 9.17) is 4.74 Å². The predicted molar refractivity (Wildman–Crippen MR) is 65.6 cm³/mol. The van der Waals surface area contributed by atoms with Crippen LogP contribution < -0.4 is 4.74 Å². The molecule has 0 aliphatic carbocycles. The maximum Gasteiger partial charge on any atom is 0.419 e. The molecule has 0 N–H and O–H groups in total. The van der Waals surface area contributed by atoms with Crippen LogP contribution in [0.3, 0.4) is 0 Å². The van der Waals surface area contributed by atoms with Gasteiger partial charge in [0.25, 0.3) is 0 Å². The predicted octanol–water partition coefficient (Wildman–Crippen LogP) is 3.48. The number of methoxy groups -OCH3 is 1. The van der Waals surface area contributed by atoms with Gasteiger partial charge in [-0.25, -0.2) is 4.39 Å². The summed E-state index contributed by atoms with van der Waals surface area (Å²) >= 11 is 0. The molecule has 0 aliphatic rings. The Hall–Kier alpha value is -2.44. The van der Waals surface area contributed by atoms with E-state index < -0.39 is 23.3 Å². The van der Waals surface area contributed by atoms with E-state index in [0.717, 1.165) is 6.07 Å². The van der Waals surface area contributed by atoms with Gasteiger partial charge in [0.2, 0.25) is 0 Å². The summed E-state index contributed by atoms with van der Waals surface area (Å²) in [6, 6.07) is 3.37. The molecular formula is C14H9F4NO2. The van der Waals surface area contributed by atoms with Crippen LogP contribution in [-0.2, 0) is 6.18 Å². The number of carbonyl (C=O) groups excluding carboxylic acids is 1. The van der Waals surface area contributed by atoms with Crippen LogP contribution in [0.5, 0.6) is 5.75 Å². The normalized spacial score (nSPS) is 11.3. The highest BCUT2D eigenvalue weighted by Crippen LogP contribution is 2.32. The van der Waals surface area contributed by atoms with Crippen molar-refractivity contribution in [1.82, 2.24) is 4.98 Å². The average molecular weight is 299 g/mol. The molecule has 7 heteroatoms. The summed E-state index contributed by atoms with van der Waals surface area (Å²) in [6.45, 7) is 0. The smallest absolute Gasteiger partial charge is 0.419 e. The van der Waals surface area contributed by atoms with Crippen LogP contribution in [0.15, 0.2) is 36.7 Å². The lowest BCUT2D eigenvalue weighted by Crippen LogP contribution is -2.10. The lowest BCUT2D eigenvalue weighted by Gasteiger charge is -2.10. The molecule has 0 radical (unpaired) electrons. The Kier molecular flexibility index (Phi) is 3.93. The largest absolute Gasteiger partial charge is 0.494 e. The molecule has 0 aliphatic heterocycles. The third kappa shape index (κ3) is 3.01. The van der Waals surface area contributed by atoms with Crippen LogP contribution in [0.25, 0.3) is 0 Å². The number of pyridine rings is 1. The fourth-order valence-corrected chi connectivity index (χ4v) is 1.77. The van der Waals surface area contributed by atoms with Gasteiger partial charge < -0.3 is 4.74 Å². The minimum Gasteiger partial charge on any atom is -0.494 e. The molecule has 0 amide bonds. The minimum absolute atomic E-state index is 0.0895. The van der Waals surface area contributed by atoms with Gasteiger partial charge in [0, 0.05) is 11.8 Å². The third-order valence-corrected chi connectivity index (χ3v) is 2.79. The van der Waals surface area contributed by atoms with Crippen molar-refractivity contribution in [3.8, 4) is 5.75 Å². The van der Waals surface area contributed by atoms with Crippen LogP contribution in [0.4, 0.5) is 17.6 Å². The summed E-state index contributed by atoms with van der Waals surface area (Å²) in [5, 5.41) is 0. The summed E-state index contributed by atoms with van der Waals surface area (Å²) in [6.07, 6.45) is -2.19. The number of benzene rings is 1. The van der Waals surface area contributed by atoms with Gasteiger partial charge in [-0.3, -0.25) is 9.78 Å². The summed E-state index contributed by atoms with van der Waals surface area (Å²) in [5.74, 6) is -1.99. The van der Waals surface area contributed by atoms with Crippen molar-refractivity contribution in [3.05, 3.63) is 59.2 Å². The zero-order valence-electron chi connectivity index (χ0n) is 10.7. The maximum atomic E-state index is 13.5. The van der Waals surface area contributed by atoms with E-state index >= 15 is 0 Å². The number of hydrogen-bond donors (Lipinski definition) is 0. The number of carbonyl (C=O) groups is 1. The van der Waals surface area contributed by atoms with E-state index in [-0.39, 0.29) is 16.9 Å². The standard InChI is InChI=1S/C14H9F4NO2/c1-21-12-7-19-5-4-9(12)13(20)8-2-3-10(11(15)6-8)14(16,17)18/h2-7H,1H3. The molecule has 1 aromatic carbocycles. The number of ketones is 1. The highest BCUT2D eigenvalue weighted by atomic mass is 19.4. The van der Waals surface area contributed by atoms with Crippen LogP contribution in [0.2, 0.25) is 0 Å². The van der Waals surface area contributed by atoms with E-state index in [0.29, 0.717) is 12.1 Å². The monoisotopic (exact) mass is 299 g/mol. The van der Waals surface area contributed by atoms with Crippen LogP contribution in [0, 0.1) is 5.82 Å². The van der Waals surface area contributed by atoms with Crippen molar-refractivity contribution in [2.24, 2.45) is 0 Å². The Balaban J connectivity index is 2.43. The number of rotatable bonds is 3. The van der Waals surface area contributed by atoms with E-state index in [1.807, 2.05) is 0 Å². The van der Waals surface area contributed by atoms with Gasteiger partial charge in [0.1, 0.15) is 11.6 Å². The molecule has 110 valence electrons. The highest BCUT2D eigenvalue weighted by molar-refractivity contribution is 6.10. The van der Waals surface area contributed by atoms with Crippen LogP contribution in [-0.4, -0.2) is 17.9 Å². The number of alkyl halides is 3. The second-order valence-corrected chi connectivity index (χ2v) is 4.10. The van der Waals surface area contributed by atoms with Crippen molar-refractivity contribution in [3.63, 3.8) is 0 Å². The summed E-state index contributed by atoms with van der Waals surface area (Å²) in [7, 11) is 1.32. The minimum atomic E-state index is -4.81. The third-order valence-electron chi connectivity index (χ3n) is 2.79. The molecule has 0 saturated heterocycles. The SMILES string of the molecule is COc1cnccc1C(=O)c1ccc(C(F)(F)F)c(F)c1. The van der Waals surface area contributed by atoms with Crippen LogP contribution in [0.1, 0.15) is 21.5 Å². The van der Waals surface area contributed by atoms with Crippen molar-refractivity contribution in [1.29, 1.82) is 0 Å². The highest BCUT2D eigenvalue weighted by Gasteiger charge is 2.34. The number of aromatic nitrogens is 1. The first kappa shape index (κ1) is 15.0. The van der Waals surface area contributed by atoms with E-state index in [2.05, 4.69) is 4.98 Å². The van der Waals surface area contributed by atoms with Crippen molar-refractivity contribution < 1.29 is 27.1 Å². The molecular weight excluding hydrogens is 290 g/mol. The Morgan fingerprint density at radius 3 is 2.52 bits per heavy atom. The van der Waals surface area contributed by atoms with Gasteiger partial charge >= 0.3 is 6.18 Å². The summed E-state index contributed by atoms with van der Waals surface area (Å²) < 4.78 is 55.8. The fourth-order valence-electron chi connectivity index (χ4n) is 1.77. The molecule has 0 spiro atoms. The molecule has 2 aromatic rings. The molecule has 3 nitrogen and oxygen atoms in total. The first-order chi connectivity index (χ1) is 9.84. The first-order valence-corrected chi connectivity index (χ1v) is 5.74. The molecule has 1 aromatic heterocycles. The molecule has 1 heterocycles. The van der Waals surface area contributed by atoms with Crippen molar-refractivity contribution >= 4 is 5.78 Å². The van der Waals surface area contributed by atoms with Gasteiger partial charge in [0.05, 0.1) is 24.4 Å². The number of nitrogens with zero attached hydrogens (tertiary/aromatic N) is 1. The van der Waals surface area contributed by atoms with Gasteiger partial charge in [0.15, 0.2) is 5.78 Å². The average Bonchev–Trinajstić information content (AvgIpc) is 2.45. The van der Waals surface area contributed by atoms with Crippen LogP contribution >= 0.6 is 0 Å². The topological polar surface area (TPSA) is 39.2 Å². The molecule has 0 saturated carbocycles. The Labute approximate surface area is 117 Å². The Morgan fingerprint density at radius 1 is 1.24 bits per heavy atom. The van der Waals surface area contributed by atoms with E-state index in [9.17, 15) is 22.4 Å². The van der Waals surface area contributed by atoms with E-state index in [1.165, 1.54) is 25.6 Å². The summed E-state index contributed by atoms with van der Waals surface area (Å²) in [4.78, 5) is 15.9. The number of ether oxygens (including phenoxy) is 1. The molecule has 0 bridgehead atoms. The molecule has 21 heavy (non-hydrogen) atoms. The Bertz CT molecular complexity index is 683. The van der Waals surface area contributed by atoms with Gasteiger partial charge in [-0.05, 0) is 18.2 Å². The van der Waals surface area contributed by atoms with Crippen molar-refractivity contribution in [2.75, 3.05) is 7.11 Å². The number of hydrogen-bond acceptors (Lipinski definition) is 3. The molecule has 0 atom stereocenters. The molecule has 0 fully saturated rings. The van der Waals surface area contributed by atoms with Gasteiger partial charge in [-0.1, -0.05) is 6.07 Å². The zero-order valence-corrected chi connectivity index (χ0v) is 10.7. The molecule has 0 unspecified atom stereocenters. The lowest BCUT2D eigenvalue weighted by molar-refractivity contribution is -0.140. The van der Waals surface area contributed by atoms with Gasteiger partial charge in [-0.15, -0.1) is 0 Å². The lowest BCUT2D eigenvalue weighted by atomic mass is 10.0.